The van der Waals surface area contributed by atoms with Gasteiger partial charge in [0.15, 0.2) is 11.4 Å². The van der Waals surface area contributed by atoms with Crippen molar-refractivity contribution < 1.29 is 22.8 Å². The number of aromatic nitrogens is 4. The summed E-state index contributed by atoms with van der Waals surface area (Å²) in [6.45, 7) is 1.46. The first kappa shape index (κ1) is 22.5. The first-order chi connectivity index (χ1) is 14.5. The number of hydrogen-bond donors (Lipinski definition) is 2. The van der Waals surface area contributed by atoms with Crippen LogP contribution in [0.5, 0.6) is 0 Å². The Bertz CT molecular complexity index is 1120. The van der Waals surface area contributed by atoms with Gasteiger partial charge in [0.25, 0.3) is 5.91 Å². The molecule has 31 heavy (non-hydrogen) atoms. The summed E-state index contributed by atoms with van der Waals surface area (Å²) in [5.41, 5.74) is 0.380. The molecule has 0 saturated heterocycles. The Morgan fingerprint density at radius 1 is 1.13 bits per heavy atom. The molecule has 0 aliphatic rings. The van der Waals surface area contributed by atoms with Crippen LogP contribution in [0.2, 0.25) is 0 Å². The molecule has 3 aromatic rings. The molecule has 1 aromatic carbocycles. The molecule has 0 aliphatic carbocycles. The topological polar surface area (TPSA) is 93.8 Å². The lowest BCUT2D eigenvalue weighted by atomic mass is 10.2. The van der Waals surface area contributed by atoms with E-state index in [1.54, 1.807) is 43.6 Å². The highest BCUT2D eigenvalue weighted by Crippen LogP contribution is 2.35. The van der Waals surface area contributed by atoms with Gasteiger partial charge in [0, 0.05) is 31.0 Å². The van der Waals surface area contributed by atoms with Gasteiger partial charge in [0.2, 0.25) is 5.91 Å². The highest BCUT2D eigenvalue weighted by atomic mass is 79.9. The third-order valence-corrected chi connectivity index (χ3v) is 5.25. The van der Waals surface area contributed by atoms with Gasteiger partial charge in [-0.3, -0.25) is 19.0 Å². The average Bonchev–Trinajstić information content (AvgIpc) is 3.24. The van der Waals surface area contributed by atoms with E-state index < -0.39 is 23.7 Å². The number of nitrogens with one attached hydrogen (secondary N) is 2. The lowest BCUT2D eigenvalue weighted by molar-refractivity contribution is -0.142. The summed E-state index contributed by atoms with van der Waals surface area (Å²) in [6, 6.07) is 8.07. The molecular formula is C19H18BrF3N6O2. The molecule has 12 heteroatoms. The number of anilines is 2. The van der Waals surface area contributed by atoms with Crippen molar-refractivity contribution in [1.29, 1.82) is 0 Å². The van der Waals surface area contributed by atoms with Gasteiger partial charge in [-0.1, -0.05) is 6.07 Å². The summed E-state index contributed by atoms with van der Waals surface area (Å²) in [4.78, 5) is 24.4. The molecule has 2 aromatic heterocycles. The number of nitrogens with zero attached hydrogens (tertiary/aromatic N) is 4. The molecule has 2 amide bonds. The molecule has 2 N–H and O–H groups in total. The van der Waals surface area contributed by atoms with Crippen molar-refractivity contribution in [3.8, 4) is 0 Å². The highest BCUT2D eigenvalue weighted by molar-refractivity contribution is 9.10. The van der Waals surface area contributed by atoms with Crippen LogP contribution in [-0.2, 0) is 24.6 Å². The highest BCUT2D eigenvalue weighted by Gasteiger charge is 2.37. The zero-order chi connectivity index (χ0) is 22.8. The maximum Gasteiger partial charge on any atom is 0.436 e. The van der Waals surface area contributed by atoms with Crippen LogP contribution in [0.25, 0.3) is 0 Å². The van der Waals surface area contributed by atoms with E-state index >= 15 is 0 Å². The molecule has 164 valence electrons. The SMILES string of the molecule is Cc1c(Br)c(C(F)(F)F)nn1CCC(=O)Nc1cccc(NC(=O)c2ccn(C)n2)c1. The molecule has 0 spiro atoms. The van der Waals surface area contributed by atoms with E-state index in [9.17, 15) is 22.8 Å². The molecule has 0 fully saturated rings. The number of rotatable bonds is 6. The van der Waals surface area contributed by atoms with Crippen molar-refractivity contribution in [2.75, 3.05) is 10.6 Å². The van der Waals surface area contributed by atoms with Crippen LogP contribution >= 0.6 is 15.9 Å². The second-order valence-corrected chi connectivity index (χ2v) is 7.47. The molecule has 0 aliphatic heterocycles. The number of carbonyl (C=O) groups is 2. The van der Waals surface area contributed by atoms with Gasteiger partial charge in [0.1, 0.15) is 0 Å². The first-order valence-corrected chi connectivity index (χ1v) is 9.85. The lowest BCUT2D eigenvalue weighted by Gasteiger charge is -2.09. The number of carbonyl (C=O) groups excluding carboxylic acids is 2. The predicted molar refractivity (Wildman–Crippen MR) is 111 cm³/mol. The normalized spacial score (nSPS) is 11.4. The monoisotopic (exact) mass is 498 g/mol. The number of amides is 2. The van der Waals surface area contributed by atoms with Crippen LogP contribution in [0.4, 0.5) is 24.5 Å². The van der Waals surface area contributed by atoms with Crippen LogP contribution in [0.3, 0.4) is 0 Å². The molecular weight excluding hydrogens is 481 g/mol. The minimum absolute atomic E-state index is 0.0253. The first-order valence-electron chi connectivity index (χ1n) is 9.05. The molecule has 3 rings (SSSR count). The standard InChI is InChI=1S/C19H18BrF3N6O2/c1-11-16(20)17(19(21,22)23)27-29(11)9-7-15(30)24-12-4-3-5-13(10-12)25-18(31)14-6-8-28(2)26-14/h3-6,8,10H,7,9H2,1-2H3,(H,24,30)(H,25,31). The summed E-state index contributed by atoms with van der Waals surface area (Å²) in [6.07, 6.45) is -3.03. The Labute approximate surface area is 183 Å². The van der Waals surface area contributed by atoms with Gasteiger partial charge < -0.3 is 10.6 Å². The molecule has 0 atom stereocenters. The molecule has 0 saturated carbocycles. The minimum Gasteiger partial charge on any atom is -0.326 e. The van der Waals surface area contributed by atoms with Crippen LogP contribution in [-0.4, -0.2) is 31.4 Å². The molecule has 0 bridgehead atoms. The van der Waals surface area contributed by atoms with Gasteiger partial charge in [-0.05, 0) is 47.1 Å². The zero-order valence-electron chi connectivity index (χ0n) is 16.5. The minimum atomic E-state index is -4.59. The summed E-state index contributed by atoms with van der Waals surface area (Å²) >= 11 is 2.90. The second-order valence-electron chi connectivity index (χ2n) is 6.68. The molecule has 0 unspecified atom stereocenters. The molecule has 0 radical (unpaired) electrons. The van der Waals surface area contributed by atoms with Crippen molar-refractivity contribution in [2.45, 2.75) is 26.1 Å². The van der Waals surface area contributed by atoms with E-state index in [0.29, 0.717) is 11.4 Å². The number of hydrogen-bond acceptors (Lipinski definition) is 4. The van der Waals surface area contributed by atoms with Crippen molar-refractivity contribution in [3.63, 3.8) is 0 Å². The van der Waals surface area contributed by atoms with E-state index in [4.69, 9.17) is 0 Å². The van der Waals surface area contributed by atoms with E-state index in [-0.39, 0.29) is 28.8 Å². The Balaban J connectivity index is 1.60. The van der Waals surface area contributed by atoms with Crippen LogP contribution in [0.15, 0.2) is 41.0 Å². The lowest BCUT2D eigenvalue weighted by Crippen LogP contribution is -2.17. The number of benzene rings is 1. The quantitative estimate of drug-likeness (QED) is 0.537. The van der Waals surface area contributed by atoms with E-state index in [2.05, 4.69) is 36.8 Å². The molecule has 8 nitrogen and oxygen atoms in total. The number of halogens is 4. The van der Waals surface area contributed by atoms with Gasteiger partial charge in [-0.25, -0.2) is 0 Å². The predicted octanol–water partition coefficient (Wildman–Crippen LogP) is 3.99. The summed E-state index contributed by atoms with van der Waals surface area (Å²) < 4.78 is 41.3. The van der Waals surface area contributed by atoms with E-state index in [1.807, 2.05) is 0 Å². The zero-order valence-corrected chi connectivity index (χ0v) is 18.1. The van der Waals surface area contributed by atoms with Crippen molar-refractivity contribution >= 4 is 39.1 Å². The van der Waals surface area contributed by atoms with Gasteiger partial charge in [-0.15, -0.1) is 0 Å². The molecule has 2 heterocycles. The summed E-state index contributed by atoms with van der Waals surface area (Å²) in [5, 5.41) is 12.9. The fraction of sp³-hybridized carbons (Fsp3) is 0.263. The Morgan fingerprint density at radius 3 is 2.39 bits per heavy atom. The smallest absolute Gasteiger partial charge is 0.326 e. The third-order valence-electron chi connectivity index (χ3n) is 4.30. The van der Waals surface area contributed by atoms with Gasteiger partial charge >= 0.3 is 6.18 Å². The summed E-state index contributed by atoms with van der Waals surface area (Å²) in [5.74, 6) is -0.808. The largest absolute Gasteiger partial charge is 0.436 e. The van der Waals surface area contributed by atoms with Crippen molar-refractivity contribution in [2.24, 2.45) is 7.05 Å². The van der Waals surface area contributed by atoms with Gasteiger partial charge in [-0.2, -0.15) is 23.4 Å². The van der Waals surface area contributed by atoms with Crippen LogP contribution < -0.4 is 10.6 Å². The number of alkyl halides is 3. The second kappa shape index (κ2) is 8.92. The van der Waals surface area contributed by atoms with E-state index in [1.165, 1.54) is 11.6 Å². The van der Waals surface area contributed by atoms with Crippen LogP contribution in [0, 0.1) is 6.92 Å². The van der Waals surface area contributed by atoms with Crippen molar-refractivity contribution in [3.05, 3.63) is 58.1 Å². The fourth-order valence-electron chi connectivity index (χ4n) is 2.76. The average molecular weight is 499 g/mol. The maximum absolute atomic E-state index is 12.9. The maximum atomic E-state index is 12.9. The summed E-state index contributed by atoms with van der Waals surface area (Å²) in [7, 11) is 1.69. The Hall–Kier alpha value is -3.15. The number of aryl methyl sites for hydroxylation is 2. The third kappa shape index (κ3) is 5.51. The van der Waals surface area contributed by atoms with E-state index in [0.717, 1.165) is 4.68 Å². The van der Waals surface area contributed by atoms with Crippen LogP contribution in [0.1, 0.15) is 28.3 Å². The van der Waals surface area contributed by atoms with Gasteiger partial charge in [0.05, 0.1) is 16.7 Å². The fourth-order valence-corrected chi connectivity index (χ4v) is 3.27. The Kier molecular flexibility index (Phi) is 6.48. The Morgan fingerprint density at radius 2 is 1.81 bits per heavy atom. The van der Waals surface area contributed by atoms with Crippen molar-refractivity contribution in [1.82, 2.24) is 19.6 Å².